The van der Waals surface area contributed by atoms with Crippen LogP contribution in [0.4, 0.5) is 5.69 Å². The Kier molecular flexibility index (Phi) is 3.84. The minimum Gasteiger partial charge on any atom is -0.368 e. The molecule has 0 aromatic carbocycles. The van der Waals surface area contributed by atoms with Gasteiger partial charge in [0.05, 0.1) is 17.6 Å². The molecule has 2 aromatic rings. The summed E-state index contributed by atoms with van der Waals surface area (Å²) in [6.07, 6.45) is 1.77. The summed E-state index contributed by atoms with van der Waals surface area (Å²) in [5.41, 5.74) is 2.52. The van der Waals surface area contributed by atoms with Gasteiger partial charge in [0, 0.05) is 38.8 Å². The van der Waals surface area contributed by atoms with Crippen LogP contribution in [0.2, 0.25) is 0 Å². The number of anilines is 1. The van der Waals surface area contributed by atoms with Crippen LogP contribution in [0.25, 0.3) is 0 Å². The first-order valence-corrected chi connectivity index (χ1v) is 7.00. The van der Waals surface area contributed by atoms with E-state index >= 15 is 0 Å². The van der Waals surface area contributed by atoms with Crippen LogP contribution in [0.1, 0.15) is 17.1 Å². The molecule has 1 aliphatic heterocycles. The molecule has 6 nitrogen and oxygen atoms in total. The van der Waals surface area contributed by atoms with E-state index in [2.05, 4.69) is 19.9 Å². The molecule has 0 N–H and O–H groups in total. The lowest BCUT2D eigenvalue weighted by Gasteiger charge is -2.35. The van der Waals surface area contributed by atoms with E-state index in [1.165, 1.54) is 0 Å². The maximum absolute atomic E-state index is 8.77. The van der Waals surface area contributed by atoms with Crippen molar-refractivity contribution in [2.45, 2.75) is 13.5 Å². The average Bonchev–Trinajstić information content (AvgIpc) is 2.93. The van der Waals surface area contributed by atoms with Gasteiger partial charge in [-0.1, -0.05) is 5.16 Å². The number of nitrogens with zero attached hydrogens (tertiary/aromatic N) is 5. The van der Waals surface area contributed by atoms with Gasteiger partial charge in [-0.3, -0.25) is 4.90 Å². The summed E-state index contributed by atoms with van der Waals surface area (Å²) in [5, 5.41) is 12.8. The number of aryl methyl sites for hydroxylation is 1. The van der Waals surface area contributed by atoms with Crippen LogP contribution in [0.3, 0.4) is 0 Å². The van der Waals surface area contributed by atoms with Crippen LogP contribution in [0.5, 0.6) is 0 Å². The fourth-order valence-electron chi connectivity index (χ4n) is 2.53. The zero-order chi connectivity index (χ0) is 14.7. The highest BCUT2D eigenvalue weighted by molar-refractivity contribution is 5.46. The highest BCUT2D eigenvalue weighted by atomic mass is 16.5. The molecule has 0 saturated carbocycles. The number of rotatable bonds is 3. The summed E-state index contributed by atoms with van der Waals surface area (Å²) in [5.74, 6) is 0.854. The first-order chi connectivity index (χ1) is 10.2. The normalized spacial score (nSPS) is 15.9. The van der Waals surface area contributed by atoms with Gasteiger partial charge in [-0.2, -0.15) is 5.26 Å². The second kappa shape index (κ2) is 5.94. The smallest absolute Gasteiger partial charge is 0.140 e. The van der Waals surface area contributed by atoms with E-state index in [4.69, 9.17) is 9.78 Å². The summed E-state index contributed by atoms with van der Waals surface area (Å²) in [6, 6.07) is 7.75. The van der Waals surface area contributed by atoms with Crippen LogP contribution in [-0.4, -0.2) is 41.2 Å². The number of hydrogen-bond acceptors (Lipinski definition) is 6. The average molecular weight is 283 g/mol. The molecule has 0 radical (unpaired) electrons. The lowest BCUT2D eigenvalue weighted by Crippen LogP contribution is -2.46. The molecule has 21 heavy (non-hydrogen) atoms. The van der Waals surface area contributed by atoms with Crippen molar-refractivity contribution in [3.05, 3.63) is 41.5 Å². The second-order valence-electron chi connectivity index (χ2n) is 5.21. The van der Waals surface area contributed by atoms with Crippen LogP contribution in [-0.2, 0) is 6.54 Å². The fraction of sp³-hybridized carbons (Fsp3) is 0.400. The summed E-state index contributed by atoms with van der Waals surface area (Å²) in [4.78, 5) is 8.78. The Bertz CT molecular complexity index is 635. The number of aromatic nitrogens is 2. The fourth-order valence-corrected chi connectivity index (χ4v) is 2.53. The second-order valence-corrected chi connectivity index (χ2v) is 5.21. The van der Waals surface area contributed by atoms with Crippen molar-refractivity contribution in [1.29, 1.82) is 5.26 Å². The molecule has 0 bridgehead atoms. The lowest BCUT2D eigenvalue weighted by molar-refractivity contribution is 0.241. The SMILES string of the molecule is Cc1cc(CN2CCN(c3ccc(C#N)nc3)CC2)no1. The van der Waals surface area contributed by atoms with Gasteiger partial charge in [-0.25, -0.2) is 4.98 Å². The van der Waals surface area contributed by atoms with Crippen LogP contribution in [0.15, 0.2) is 28.9 Å². The lowest BCUT2D eigenvalue weighted by atomic mass is 10.2. The maximum Gasteiger partial charge on any atom is 0.140 e. The molecular weight excluding hydrogens is 266 g/mol. The van der Waals surface area contributed by atoms with Crippen molar-refractivity contribution in [2.75, 3.05) is 31.1 Å². The predicted octanol–water partition coefficient (Wildman–Crippen LogP) is 1.57. The summed E-state index contributed by atoms with van der Waals surface area (Å²) in [6.45, 7) is 6.59. The summed E-state index contributed by atoms with van der Waals surface area (Å²) >= 11 is 0. The summed E-state index contributed by atoms with van der Waals surface area (Å²) < 4.78 is 5.10. The van der Waals surface area contributed by atoms with Crippen molar-refractivity contribution < 1.29 is 4.52 Å². The van der Waals surface area contributed by atoms with Gasteiger partial charge >= 0.3 is 0 Å². The Morgan fingerprint density at radius 1 is 1.29 bits per heavy atom. The van der Waals surface area contributed by atoms with Gasteiger partial charge < -0.3 is 9.42 Å². The van der Waals surface area contributed by atoms with Gasteiger partial charge in [0.25, 0.3) is 0 Å². The minimum atomic E-state index is 0.457. The molecule has 3 rings (SSSR count). The summed E-state index contributed by atoms with van der Waals surface area (Å²) in [7, 11) is 0. The standard InChI is InChI=1S/C15H17N5O/c1-12-8-14(18-21-12)11-19-4-6-20(7-5-19)15-3-2-13(9-16)17-10-15/h2-3,8,10H,4-7,11H2,1H3. The maximum atomic E-state index is 8.77. The molecule has 3 heterocycles. The number of nitriles is 1. The predicted molar refractivity (Wildman–Crippen MR) is 77.7 cm³/mol. The van der Waals surface area contributed by atoms with Gasteiger partial charge in [0.2, 0.25) is 0 Å². The monoisotopic (exact) mass is 283 g/mol. The first kappa shape index (κ1) is 13.6. The topological polar surface area (TPSA) is 69.2 Å². The van der Waals surface area contributed by atoms with E-state index < -0.39 is 0 Å². The van der Waals surface area contributed by atoms with Crippen LogP contribution in [0, 0.1) is 18.3 Å². The van der Waals surface area contributed by atoms with Gasteiger partial charge in [-0.15, -0.1) is 0 Å². The molecule has 2 aromatic heterocycles. The van der Waals surface area contributed by atoms with Crippen LogP contribution < -0.4 is 4.90 Å². The highest BCUT2D eigenvalue weighted by Crippen LogP contribution is 2.16. The third kappa shape index (κ3) is 3.20. The van der Waals surface area contributed by atoms with E-state index in [0.717, 1.165) is 49.9 Å². The zero-order valence-corrected chi connectivity index (χ0v) is 12.0. The molecule has 1 fully saturated rings. The number of hydrogen-bond donors (Lipinski definition) is 0. The van der Waals surface area contributed by atoms with Gasteiger partial charge in [0.15, 0.2) is 0 Å². The van der Waals surface area contributed by atoms with Crippen molar-refractivity contribution >= 4 is 5.69 Å². The molecule has 108 valence electrons. The molecule has 0 unspecified atom stereocenters. The number of piperazine rings is 1. The Labute approximate surface area is 123 Å². The molecule has 1 saturated heterocycles. The third-order valence-corrected chi connectivity index (χ3v) is 3.66. The molecule has 0 aliphatic carbocycles. The Hall–Kier alpha value is -2.39. The van der Waals surface area contributed by atoms with Gasteiger partial charge in [-0.05, 0) is 19.1 Å². The molecule has 0 atom stereocenters. The van der Waals surface area contributed by atoms with E-state index in [0.29, 0.717) is 5.69 Å². The molecule has 1 aliphatic rings. The zero-order valence-electron chi connectivity index (χ0n) is 12.0. The van der Waals surface area contributed by atoms with E-state index in [-0.39, 0.29) is 0 Å². The minimum absolute atomic E-state index is 0.457. The molecular formula is C15H17N5O. The van der Waals surface area contributed by atoms with Crippen molar-refractivity contribution in [3.63, 3.8) is 0 Å². The van der Waals surface area contributed by atoms with Crippen molar-refractivity contribution in [3.8, 4) is 6.07 Å². The van der Waals surface area contributed by atoms with E-state index in [1.807, 2.05) is 25.1 Å². The first-order valence-electron chi connectivity index (χ1n) is 7.00. The quantitative estimate of drug-likeness (QED) is 0.851. The van der Waals surface area contributed by atoms with Crippen LogP contribution >= 0.6 is 0 Å². The molecule has 0 amide bonds. The molecule has 0 spiro atoms. The Morgan fingerprint density at radius 3 is 2.67 bits per heavy atom. The third-order valence-electron chi connectivity index (χ3n) is 3.66. The Balaban J connectivity index is 1.56. The van der Waals surface area contributed by atoms with Crippen molar-refractivity contribution in [1.82, 2.24) is 15.0 Å². The van der Waals surface area contributed by atoms with Gasteiger partial charge in [0.1, 0.15) is 17.5 Å². The highest BCUT2D eigenvalue weighted by Gasteiger charge is 2.18. The van der Waals surface area contributed by atoms with Crippen molar-refractivity contribution in [2.24, 2.45) is 0 Å². The largest absolute Gasteiger partial charge is 0.368 e. The Morgan fingerprint density at radius 2 is 2.10 bits per heavy atom. The van der Waals surface area contributed by atoms with E-state index in [9.17, 15) is 0 Å². The van der Waals surface area contributed by atoms with E-state index in [1.54, 1.807) is 12.3 Å². The number of pyridine rings is 1. The molecule has 6 heteroatoms.